The van der Waals surface area contributed by atoms with Crippen molar-refractivity contribution < 1.29 is 9.53 Å². The van der Waals surface area contributed by atoms with Crippen LogP contribution < -0.4 is 4.90 Å². The lowest BCUT2D eigenvalue weighted by Crippen LogP contribution is -2.26. The molecule has 0 unspecified atom stereocenters. The summed E-state index contributed by atoms with van der Waals surface area (Å²) in [7, 11) is 1.63. The number of hydrogen-bond acceptors (Lipinski definition) is 2. The molecule has 0 aliphatic carbocycles. The molecule has 0 saturated carbocycles. The summed E-state index contributed by atoms with van der Waals surface area (Å²) in [5, 5.41) is 0.471. The van der Waals surface area contributed by atoms with E-state index in [0.717, 1.165) is 0 Å². The van der Waals surface area contributed by atoms with Crippen LogP contribution in [0.15, 0.2) is 18.2 Å². The van der Waals surface area contributed by atoms with Gasteiger partial charge in [0.1, 0.15) is 0 Å². The van der Waals surface area contributed by atoms with Crippen LogP contribution in [-0.4, -0.2) is 19.7 Å². The summed E-state index contributed by atoms with van der Waals surface area (Å²) in [6.07, 6.45) is -0.394. The van der Waals surface area contributed by atoms with Crippen LogP contribution in [0.25, 0.3) is 0 Å². The van der Waals surface area contributed by atoms with Crippen molar-refractivity contribution in [1.82, 2.24) is 0 Å². The Kier molecular flexibility index (Phi) is 3.77. The Hall–Kier alpha value is -1.22. The zero-order valence-corrected chi connectivity index (χ0v) is 8.84. The number of benzene rings is 1. The van der Waals surface area contributed by atoms with E-state index in [-0.39, 0.29) is 0 Å². The number of anilines is 1. The SMILES string of the molecule is CCOC(=O)N(C)c1cc[c]c(Cl)c1. The van der Waals surface area contributed by atoms with E-state index in [1.54, 1.807) is 32.2 Å². The molecular formula is C10H11ClNO2. The van der Waals surface area contributed by atoms with Gasteiger partial charge >= 0.3 is 6.09 Å². The van der Waals surface area contributed by atoms with Gasteiger partial charge in [0.25, 0.3) is 0 Å². The molecule has 1 aromatic carbocycles. The van der Waals surface area contributed by atoms with Crippen LogP contribution in [0.5, 0.6) is 0 Å². The van der Waals surface area contributed by atoms with Gasteiger partial charge in [0.2, 0.25) is 0 Å². The summed E-state index contributed by atoms with van der Waals surface area (Å²) >= 11 is 5.74. The molecule has 0 fully saturated rings. The third kappa shape index (κ3) is 2.64. The summed E-state index contributed by atoms with van der Waals surface area (Å²) in [5.41, 5.74) is 0.687. The van der Waals surface area contributed by atoms with Crippen LogP contribution >= 0.6 is 11.6 Å². The van der Waals surface area contributed by atoms with E-state index >= 15 is 0 Å². The molecular weight excluding hydrogens is 202 g/mol. The van der Waals surface area contributed by atoms with Crippen LogP contribution in [0.3, 0.4) is 0 Å². The third-order valence-electron chi connectivity index (χ3n) is 1.68. The van der Waals surface area contributed by atoms with Gasteiger partial charge < -0.3 is 4.74 Å². The zero-order valence-electron chi connectivity index (χ0n) is 8.08. The lowest BCUT2D eigenvalue weighted by atomic mass is 10.3. The summed E-state index contributed by atoms with van der Waals surface area (Å²) in [6, 6.07) is 7.83. The van der Waals surface area contributed by atoms with Crippen molar-refractivity contribution >= 4 is 23.4 Å². The number of rotatable bonds is 2. The molecule has 0 aromatic heterocycles. The van der Waals surface area contributed by atoms with Gasteiger partial charge in [0, 0.05) is 18.8 Å². The van der Waals surface area contributed by atoms with Crippen LogP contribution in [0.4, 0.5) is 10.5 Å². The van der Waals surface area contributed by atoms with Gasteiger partial charge in [-0.3, -0.25) is 4.90 Å². The van der Waals surface area contributed by atoms with E-state index in [0.29, 0.717) is 17.3 Å². The molecule has 1 radical (unpaired) electrons. The van der Waals surface area contributed by atoms with Gasteiger partial charge in [-0.2, -0.15) is 0 Å². The molecule has 0 saturated heterocycles. The van der Waals surface area contributed by atoms with Gasteiger partial charge in [-0.05, 0) is 19.1 Å². The minimum absolute atomic E-state index is 0.357. The van der Waals surface area contributed by atoms with E-state index < -0.39 is 6.09 Å². The van der Waals surface area contributed by atoms with Gasteiger partial charge in [-0.1, -0.05) is 17.7 Å². The molecule has 1 aromatic rings. The van der Waals surface area contributed by atoms with Crippen molar-refractivity contribution in [3.63, 3.8) is 0 Å². The number of carbonyl (C=O) groups excluding carboxylic acids is 1. The van der Waals surface area contributed by atoms with E-state index in [9.17, 15) is 4.79 Å². The Labute approximate surface area is 88.2 Å². The fourth-order valence-electron chi connectivity index (χ4n) is 0.961. The standard InChI is InChI=1S/C10H11ClNO2/c1-3-14-10(13)12(2)9-6-4-5-8(11)7-9/h4,6-7H,3H2,1-2H3. The maximum Gasteiger partial charge on any atom is 0.413 e. The third-order valence-corrected chi connectivity index (χ3v) is 1.90. The Bertz CT molecular complexity index is 328. The molecule has 3 nitrogen and oxygen atoms in total. The number of nitrogens with zero attached hydrogens (tertiary/aromatic N) is 1. The maximum absolute atomic E-state index is 11.3. The van der Waals surface area contributed by atoms with Crippen molar-refractivity contribution in [2.24, 2.45) is 0 Å². The highest BCUT2D eigenvalue weighted by molar-refractivity contribution is 6.30. The average molecular weight is 213 g/mol. The first-order valence-corrected chi connectivity index (χ1v) is 4.60. The molecule has 0 spiro atoms. The number of hydrogen-bond donors (Lipinski definition) is 0. The molecule has 0 aliphatic heterocycles. The summed E-state index contributed by atoms with van der Waals surface area (Å²) in [6.45, 7) is 2.12. The molecule has 0 atom stereocenters. The summed E-state index contributed by atoms with van der Waals surface area (Å²) < 4.78 is 4.83. The highest BCUT2D eigenvalue weighted by Gasteiger charge is 2.11. The number of carbonyl (C=O) groups is 1. The second-order valence-corrected chi connectivity index (χ2v) is 3.06. The number of ether oxygens (including phenoxy) is 1. The fourth-order valence-corrected chi connectivity index (χ4v) is 1.14. The van der Waals surface area contributed by atoms with Gasteiger partial charge in [-0.15, -0.1) is 0 Å². The highest BCUT2D eigenvalue weighted by atomic mass is 35.5. The quantitative estimate of drug-likeness (QED) is 0.755. The van der Waals surface area contributed by atoms with Crippen LogP contribution in [0, 0.1) is 6.07 Å². The monoisotopic (exact) mass is 212 g/mol. The van der Waals surface area contributed by atoms with Crippen molar-refractivity contribution in [3.8, 4) is 0 Å². The predicted molar refractivity (Wildman–Crippen MR) is 55.7 cm³/mol. The van der Waals surface area contributed by atoms with Crippen LogP contribution in [0.1, 0.15) is 6.92 Å². The first kappa shape index (κ1) is 10.9. The minimum atomic E-state index is -0.394. The Balaban J connectivity index is 2.78. The maximum atomic E-state index is 11.3. The summed E-state index contributed by atoms with van der Waals surface area (Å²) in [4.78, 5) is 12.7. The Morgan fingerprint density at radius 1 is 1.71 bits per heavy atom. The van der Waals surface area contributed by atoms with Crippen molar-refractivity contribution in [3.05, 3.63) is 29.3 Å². The first-order chi connectivity index (χ1) is 6.65. The molecule has 14 heavy (non-hydrogen) atoms. The first-order valence-electron chi connectivity index (χ1n) is 4.23. The predicted octanol–water partition coefficient (Wildman–Crippen LogP) is 2.73. The highest BCUT2D eigenvalue weighted by Crippen LogP contribution is 2.18. The number of halogens is 1. The second kappa shape index (κ2) is 4.86. The largest absolute Gasteiger partial charge is 0.449 e. The average Bonchev–Trinajstić information content (AvgIpc) is 2.17. The molecule has 0 N–H and O–H groups in total. The van der Waals surface area contributed by atoms with Crippen LogP contribution in [-0.2, 0) is 4.74 Å². The fraction of sp³-hybridized carbons (Fsp3) is 0.300. The van der Waals surface area contributed by atoms with Gasteiger partial charge in [0.05, 0.1) is 11.6 Å². The van der Waals surface area contributed by atoms with E-state index in [1.165, 1.54) is 4.90 Å². The lowest BCUT2D eigenvalue weighted by molar-refractivity contribution is 0.161. The van der Waals surface area contributed by atoms with E-state index in [1.807, 2.05) is 0 Å². The van der Waals surface area contributed by atoms with Crippen LogP contribution in [0.2, 0.25) is 5.02 Å². The van der Waals surface area contributed by atoms with Crippen molar-refractivity contribution in [2.45, 2.75) is 6.92 Å². The Morgan fingerprint density at radius 3 is 3.00 bits per heavy atom. The molecule has 75 valence electrons. The lowest BCUT2D eigenvalue weighted by Gasteiger charge is -2.16. The molecule has 4 heteroatoms. The Morgan fingerprint density at radius 2 is 2.43 bits per heavy atom. The zero-order chi connectivity index (χ0) is 10.6. The normalized spacial score (nSPS) is 9.64. The molecule has 0 aliphatic rings. The van der Waals surface area contributed by atoms with Gasteiger partial charge in [0.15, 0.2) is 0 Å². The smallest absolute Gasteiger partial charge is 0.413 e. The van der Waals surface area contributed by atoms with Crippen molar-refractivity contribution in [1.29, 1.82) is 0 Å². The molecule has 0 heterocycles. The summed E-state index contributed by atoms with van der Waals surface area (Å²) in [5.74, 6) is 0. The minimum Gasteiger partial charge on any atom is -0.449 e. The molecule has 1 amide bonds. The topological polar surface area (TPSA) is 29.5 Å². The molecule has 1 rings (SSSR count). The number of amides is 1. The van der Waals surface area contributed by atoms with E-state index in [4.69, 9.17) is 16.3 Å². The molecule has 0 bridgehead atoms. The van der Waals surface area contributed by atoms with Gasteiger partial charge in [-0.25, -0.2) is 4.79 Å². The second-order valence-electron chi connectivity index (χ2n) is 2.65. The van der Waals surface area contributed by atoms with E-state index in [2.05, 4.69) is 6.07 Å². The van der Waals surface area contributed by atoms with Crippen molar-refractivity contribution in [2.75, 3.05) is 18.6 Å².